The summed E-state index contributed by atoms with van der Waals surface area (Å²) in [5.74, 6) is -0.507. The van der Waals surface area contributed by atoms with Crippen LogP contribution in [0.5, 0.6) is 5.75 Å². The van der Waals surface area contributed by atoms with Crippen LogP contribution in [0, 0.1) is 0 Å². The second-order valence-corrected chi connectivity index (χ2v) is 8.94. The fourth-order valence-corrected chi connectivity index (χ4v) is 5.64. The van der Waals surface area contributed by atoms with Crippen LogP contribution >= 0.6 is 11.8 Å². The van der Waals surface area contributed by atoms with Crippen molar-refractivity contribution >= 4 is 40.0 Å². The fraction of sp³-hybridized carbons (Fsp3) is 0.292. The molecular weight excluding hydrogens is 412 g/mol. The maximum atomic E-state index is 13.7. The van der Waals surface area contributed by atoms with Crippen LogP contribution in [0.15, 0.2) is 58.2 Å². The Morgan fingerprint density at radius 3 is 2.42 bits per heavy atom. The van der Waals surface area contributed by atoms with Gasteiger partial charge in [-0.2, -0.15) is 0 Å². The third-order valence-electron chi connectivity index (χ3n) is 5.74. The molecule has 3 heterocycles. The van der Waals surface area contributed by atoms with E-state index in [4.69, 9.17) is 4.74 Å². The number of ketones is 1. The molecule has 0 aliphatic carbocycles. The predicted molar refractivity (Wildman–Crippen MR) is 121 cm³/mol. The summed E-state index contributed by atoms with van der Waals surface area (Å²) >= 11 is 0.954. The molecule has 0 N–H and O–H groups in total. The quantitative estimate of drug-likeness (QED) is 0.575. The van der Waals surface area contributed by atoms with Gasteiger partial charge in [0.1, 0.15) is 4.90 Å². The largest absolute Gasteiger partial charge is 0.457 e. The summed E-state index contributed by atoms with van der Waals surface area (Å²) in [6, 6.07) is 14.6. The topological polar surface area (TPSA) is 68.6 Å². The van der Waals surface area contributed by atoms with E-state index in [0.717, 1.165) is 35.5 Å². The Hall–Kier alpha value is -3.06. The van der Waals surface area contributed by atoms with Gasteiger partial charge in [0, 0.05) is 24.0 Å². The Balaban J connectivity index is 1.74. The lowest BCUT2D eigenvalue weighted by atomic mass is 9.96. The number of amides is 1. The molecule has 0 fully saturated rings. The number of benzene rings is 2. The summed E-state index contributed by atoms with van der Waals surface area (Å²) in [4.78, 5) is 40.8. The third kappa shape index (κ3) is 2.69. The van der Waals surface area contributed by atoms with Gasteiger partial charge in [0.15, 0.2) is 5.75 Å². The number of nitrogens with zero attached hydrogens (tertiary/aromatic N) is 2. The van der Waals surface area contributed by atoms with Gasteiger partial charge in [0.05, 0.1) is 11.2 Å². The standard InChI is InChI=1S/C24H22N2O4S/c1-3-13-25-17-11-7-5-9-15(17)19-20(22(25)28)31-24(30-19)21(27)16-10-6-8-12-18(16)26(14-4-2)23(24)29/h5-12H,3-4,13-14H2,1-2H3. The molecule has 1 amide bonds. The lowest BCUT2D eigenvalue weighted by molar-refractivity contribution is -0.125. The summed E-state index contributed by atoms with van der Waals surface area (Å²) in [5.41, 5.74) is 1.55. The van der Waals surface area contributed by atoms with Crippen molar-refractivity contribution in [3.8, 4) is 5.75 Å². The van der Waals surface area contributed by atoms with Gasteiger partial charge in [0.25, 0.3) is 11.5 Å². The molecule has 2 aliphatic heterocycles. The second kappa shape index (κ2) is 7.27. The van der Waals surface area contributed by atoms with Crippen LogP contribution in [-0.4, -0.2) is 27.7 Å². The average Bonchev–Trinajstić information content (AvgIpc) is 3.21. The number of carbonyl (C=O) groups is 2. The molecule has 158 valence electrons. The van der Waals surface area contributed by atoms with Gasteiger partial charge in [-0.1, -0.05) is 49.9 Å². The minimum Gasteiger partial charge on any atom is -0.457 e. The number of fused-ring (bicyclic) bond motifs is 4. The molecule has 1 aromatic heterocycles. The number of Topliss-reactive ketones (excluding diaryl/α,β-unsaturated/α-hetero) is 1. The number of anilines is 1. The highest BCUT2D eigenvalue weighted by Crippen LogP contribution is 2.53. The van der Waals surface area contributed by atoms with Crippen LogP contribution in [0.25, 0.3) is 10.9 Å². The van der Waals surface area contributed by atoms with E-state index in [2.05, 4.69) is 0 Å². The van der Waals surface area contributed by atoms with Gasteiger partial charge in [-0.3, -0.25) is 14.4 Å². The van der Waals surface area contributed by atoms with Gasteiger partial charge in [0.2, 0.25) is 5.78 Å². The minimum absolute atomic E-state index is 0.223. The van der Waals surface area contributed by atoms with Crippen molar-refractivity contribution in [2.75, 3.05) is 11.4 Å². The second-order valence-electron chi connectivity index (χ2n) is 7.76. The third-order valence-corrected chi connectivity index (χ3v) is 7.03. The molecule has 1 spiro atoms. The zero-order chi connectivity index (χ0) is 21.8. The first kappa shape index (κ1) is 19.9. The van der Waals surface area contributed by atoms with Crippen molar-refractivity contribution in [2.45, 2.75) is 43.1 Å². The first-order chi connectivity index (χ1) is 15.0. The number of hydrogen-bond donors (Lipinski definition) is 0. The summed E-state index contributed by atoms with van der Waals surface area (Å²) in [6.45, 7) is 5.00. The maximum absolute atomic E-state index is 13.7. The van der Waals surface area contributed by atoms with Crippen molar-refractivity contribution in [1.29, 1.82) is 0 Å². The molecule has 5 rings (SSSR count). The molecule has 2 aromatic carbocycles. The van der Waals surface area contributed by atoms with Crippen LogP contribution < -0.4 is 15.2 Å². The first-order valence-electron chi connectivity index (χ1n) is 10.5. The molecular formula is C24H22N2O4S. The molecule has 0 radical (unpaired) electrons. The molecule has 7 heteroatoms. The molecule has 0 bridgehead atoms. The number of hydrogen-bond acceptors (Lipinski definition) is 5. The Bertz CT molecular complexity index is 1300. The zero-order valence-electron chi connectivity index (χ0n) is 17.4. The molecule has 6 nitrogen and oxygen atoms in total. The maximum Gasteiger partial charge on any atom is 0.300 e. The number of para-hydroxylation sites is 2. The van der Waals surface area contributed by atoms with Crippen LogP contribution in [-0.2, 0) is 11.3 Å². The lowest BCUT2D eigenvalue weighted by Crippen LogP contribution is -2.58. The number of rotatable bonds is 4. The zero-order valence-corrected chi connectivity index (χ0v) is 18.2. The van der Waals surface area contributed by atoms with Crippen molar-refractivity contribution in [3.05, 3.63) is 64.4 Å². The highest BCUT2D eigenvalue weighted by Gasteiger charge is 2.60. The van der Waals surface area contributed by atoms with Gasteiger partial charge < -0.3 is 14.2 Å². The fourth-order valence-electron chi connectivity index (χ4n) is 4.39. The normalized spacial score (nSPS) is 19.6. The summed E-state index contributed by atoms with van der Waals surface area (Å²) < 4.78 is 7.94. The van der Waals surface area contributed by atoms with Crippen LogP contribution in [0.3, 0.4) is 0 Å². The number of thioether (sulfide) groups is 1. The number of pyridine rings is 1. The summed E-state index contributed by atoms with van der Waals surface area (Å²) in [7, 11) is 0. The Morgan fingerprint density at radius 2 is 1.65 bits per heavy atom. The van der Waals surface area contributed by atoms with E-state index in [9.17, 15) is 14.4 Å². The van der Waals surface area contributed by atoms with E-state index in [1.807, 2.05) is 44.2 Å². The van der Waals surface area contributed by atoms with Gasteiger partial charge >= 0.3 is 4.93 Å². The monoisotopic (exact) mass is 434 g/mol. The highest BCUT2D eigenvalue weighted by molar-refractivity contribution is 8.02. The number of aryl methyl sites for hydroxylation is 1. The van der Waals surface area contributed by atoms with Gasteiger partial charge in [-0.15, -0.1) is 0 Å². The van der Waals surface area contributed by atoms with Gasteiger partial charge in [-0.25, -0.2) is 0 Å². The number of carbonyl (C=O) groups excluding carboxylic acids is 2. The van der Waals surface area contributed by atoms with Crippen LogP contribution in [0.1, 0.15) is 37.0 Å². The molecule has 0 saturated carbocycles. The SMILES string of the molecule is CCCN1C(=O)C2(Oc3c(c(=O)n(CCC)c4ccccc34)S2)C(=O)c2ccccc21. The molecule has 1 unspecified atom stereocenters. The van der Waals surface area contributed by atoms with E-state index >= 15 is 0 Å². The summed E-state index contributed by atoms with van der Waals surface area (Å²) in [5, 5.41) is 0.733. The van der Waals surface area contributed by atoms with E-state index in [1.165, 1.54) is 0 Å². The van der Waals surface area contributed by atoms with Crippen molar-refractivity contribution in [2.24, 2.45) is 0 Å². The minimum atomic E-state index is -1.81. The lowest BCUT2D eigenvalue weighted by Gasteiger charge is -2.37. The van der Waals surface area contributed by atoms with Crippen molar-refractivity contribution < 1.29 is 14.3 Å². The van der Waals surface area contributed by atoms with E-state index in [-0.39, 0.29) is 5.56 Å². The Morgan fingerprint density at radius 1 is 0.935 bits per heavy atom. The van der Waals surface area contributed by atoms with Crippen LogP contribution in [0.4, 0.5) is 5.69 Å². The Kier molecular flexibility index (Phi) is 4.66. The molecule has 1 atom stereocenters. The first-order valence-corrected chi connectivity index (χ1v) is 11.3. The van der Waals surface area contributed by atoms with E-state index in [1.54, 1.807) is 27.7 Å². The molecule has 2 aliphatic rings. The summed E-state index contributed by atoms with van der Waals surface area (Å²) in [6.07, 6.45) is 1.52. The van der Waals surface area contributed by atoms with E-state index < -0.39 is 16.6 Å². The highest BCUT2D eigenvalue weighted by atomic mass is 32.2. The van der Waals surface area contributed by atoms with Crippen LogP contribution in [0.2, 0.25) is 0 Å². The van der Waals surface area contributed by atoms with Crippen molar-refractivity contribution in [1.82, 2.24) is 4.57 Å². The number of ether oxygens (including phenoxy) is 1. The van der Waals surface area contributed by atoms with E-state index in [0.29, 0.717) is 35.0 Å². The average molecular weight is 435 g/mol. The van der Waals surface area contributed by atoms with Gasteiger partial charge in [-0.05, 0) is 37.1 Å². The molecule has 3 aromatic rings. The smallest absolute Gasteiger partial charge is 0.300 e. The Labute approximate surface area is 183 Å². The predicted octanol–water partition coefficient (Wildman–Crippen LogP) is 4.23. The molecule has 31 heavy (non-hydrogen) atoms. The van der Waals surface area contributed by atoms with Crippen molar-refractivity contribution in [3.63, 3.8) is 0 Å². The molecule has 0 saturated heterocycles. The number of aromatic nitrogens is 1.